The maximum Gasteiger partial charge on any atom is 0.265 e. The van der Waals surface area contributed by atoms with E-state index in [-0.39, 0.29) is 11.4 Å². The van der Waals surface area contributed by atoms with Crippen molar-refractivity contribution in [2.24, 2.45) is 0 Å². The number of hydrogen-bond donors (Lipinski definition) is 1. The molecule has 0 aliphatic rings. The second kappa shape index (κ2) is 4.57. The van der Waals surface area contributed by atoms with Crippen LogP contribution in [0.5, 0.6) is 0 Å². The molecule has 0 aliphatic heterocycles. The van der Waals surface area contributed by atoms with E-state index in [1.54, 1.807) is 12.1 Å². The first kappa shape index (κ1) is 11.0. The molecule has 0 spiro atoms. The van der Waals surface area contributed by atoms with Gasteiger partial charge in [-0.1, -0.05) is 12.1 Å². The van der Waals surface area contributed by atoms with Gasteiger partial charge in [0.2, 0.25) is 0 Å². The number of benzene rings is 1. The van der Waals surface area contributed by atoms with Crippen molar-refractivity contribution in [3.63, 3.8) is 0 Å². The minimum absolute atomic E-state index is 0.235. The molecule has 3 nitrogen and oxygen atoms in total. The number of halogens is 2. The minimum Gasteiger partial charge on any atom is -0.309 e. The van der Waals surface area contributed by atoms with Crippen molar-refractivity contribution in [3.05, 3.63) is 62.5 Å². The highest BCUT2D eigenvalue weighted by molar-refractivity contribution is 9.10. The second-order valence-electron chi connectivity index (χ2n) is 3.31. The lowest BCUT2D eigenvalue weighted by atomic mass is 10.1. The monoisotopic (exact) mass is 282 g/mol. The highest BCUT2D eigenvalue weighted by atomic mass is 79.9. The molecule has 0 fully saturated rings. The van der Waals surface area contributed by atoms with Crippen LogP contribution in [0.2, 0.25) is 0 Å². The number of nitrogens with one attached hydrogen (secondary N) is 1. The Labute approximate surface area is 99.5 Å². The highest BCUT2D eigenvalue weighted by Crippen LogP contribution is 2.07. The summed E-state index contributed by atoms with van der Waals surface area (Å²) in [5.41, 5.74) is 0.534. The summed E-state index contributed by atoms with van der Waals surface area (Å²) in [5.74, 6) is 0.218. The molecule has 0 aliphatic carbocycles. The van der Waals surface area contributed by atoms with Crippen molar-refractivity contribution in [2.45, 2.75) is 6.42 Å². The van der Waals surface area contributed by atoms with Crippen molar-refractivity contribution in [3.8, 4) is 0 Å². The predicted molar refractivity (Wildman–Crippen MR) is 61.8 cm³/mol. The van der Waals surface area contributed by atoms with Gasteiger partial charge >= 0.3 is 0 Å². The van der Waals surface area contributed by atoms with Crippen LogP contribution in [0.4, 0.5) is 4.39 Å². The maximum absolute atomic E-state index is 12.9. The van der Waals surface area contributed by atoms with Crippen LogP contribution in [0.3, 0.4) is 0 Å². The zero-order chi connectivity index (χ0) is 11.5. The maximum atomic E-state index is 12.9. The fourth-order valence-electron chi connectivity index (χ4n) is 1.35. The first-order valence-electron chi connectivity index (χ1n) is 4.63. The number of nitrogens with zero attached hydrogens (tertiary/aromatic N) is 1. The van der Waals surface area contributed by atoms with Crippen LogP contribution in [-0.4, -0.2) is 9.97 Å². The molecule has 1 aromatic heterocycles. The Bertz CT molecular complexity index is 568. The van der Waals surface area contributed by atoms with Crippen LogP contribution in [-0.2, 0) is 6.42 Å². The fraction of sp³-hybridized carbons (Fsp3) is 0.0909. The summed E-state index contributed by atoms with van der Waals surface area (Å²) < 4.78 is 13.3. The summed E-state index contributed by atoms with van der Waals surface area (Å²) in [7, 11) is 0. The number of rotatable bonds is 2. The van der Waals surface area contributed by atoms with Crippen molar-refractivity contribution >= 4 is 15.9 Å². The third-order valence-electron chi connectivity index (χ3n) is 2.07. The number of hydrogen-bond acceptors (Lipinski definition) is 2. The third-order valence-corrected chi connectivity index (χ3v) is 2.63. The number of aromatic nitrogens is 2. The molecule has 82 valence electrons. The van der Waals surface area contributed by atoms with Gasteiger partial charge in [0.1, 0.15) is 16.1 Å². The predicted octanol–water partition coefficient (Wildman–Crippen LogP) is 2.26. The summed E-state index contributed by atoms with van der Waals surface area (Å²) in [6.45, 7) is 0. The van der Waals surface area contributed by atoms with Gasteiger partial charge in [-0.05, 0) is 33.6 Å². The van der Waals surface area contributed by atoms with Crippen LogP contribution >= 0.6 is 15.9 Å². The van der Waals surface area contributed by atoms with Gasteiger partial charge in [0.25, 0.3) is 5.56 Å². The Balaban J connectivity index is 2.27. The molecule has 0 saturated heterocycles. The van der Waals surface area contributed by atoms with Crippen molar-refractivity contribution in [1.82, 2.24) is 9.97 Å². The second-order valence-corrected chi connectivity index (χ2v) is 4.17. The Morgan fingerprint density at radius 3 is 2.94 bits per heavy atom. The topological polar surface area (TPSA) is 45.8 Å². The van der Waals surface area contributed by atoms with Crippen molar-refractivity contribution in [1.29, 1.82) is 0 Å². The van der Waals surface area contributed by atoms with E-state index < -0.39 is 0 Å². The SMILES string of the molecule is O=c1[nH]c(Cc2cccc(F)c2)ncc1Br. The third kappa shape index (κ3) is 2.55. The quantitative estimate of drug-likeness (QED) is 0.919. The normalized spacial score (nSPS) is 10.4. The van der Waals surface area contributed by atoms with Crippen LogP contribution in [0.1, 0.15) is 11.4 Å². The molecule has 16 heavy (non-hydrogen) atoms. The first-order chi connectivity index (χ1) is 7.65. The summed E-state index contributed by atoms with van der Waals surface area (Å²) in [6, 6.07) is 6.20. The fourth-order valence-corrected chi connectivity index (χ4v) is 1.55. The molecule has 0 saturated carbocycles. The molecular weight excluding hydrogens is 275 g/mol. The standard InChI is InChI=1S/C11H8BrFN2O/c12-9-6-14-10(15-11(9)16)5-7-2-1-3-8(13)4-7/h1-4,6H,5H2,(H,14,15,16). The molecule has 2 rings (SSSR count). The Morgan fingerprint density at radius 2 is 2.25 bits per heavy atom. The van der Waals surface area contributed by atoms with E-state index in [4.69, 9.17) is 0 Å². The van der Waals surface area contributed by atoms with Gasteiger partial charge in [0.15, 0.2) is 0 Å². The van der Waals surface area contributed by atoms with Crippen LogP contribution in [0, 0.1) is 5.82 Å². The van der Waals surface area contributed by atoms with Gasteiger partial charge in [0.05, 0.1) is 0 Å². The van der Waals surface area contributed by atoms with Gasteiger partial charge in [-0.2, -0.15) is 0 Å². The molecule has 0 atom stereocenters. The van der Waals surface area contributed by atoms with Crippen LogP contribution in [0.25, 0.3) is 0 Å². The summed E-state index contributed by atoms with van der Waals surface area (Å²) in [4.78, 5) is 17.9. The average molecular weight is 283 g/mol. The molecule has 0 amide bonds. The number of H-pyrrole nitrogens is 1. The molecule has 0 unspecified atom stereocenters. The van der Waals surface area contributed by atoms with E-state index in [2.05, 4.69) is 25.9 Å². The Morgan fingerprint density at radius 1 is 1.44 bits per heavy atom. The zero-order valence-electron chi connectivity index (χ0n) is 8.21. The zero-order valence-corrected chi connectivity index (χ0v) is 9.79. The number of aromatic amines is 1. The molecule has 1 aromatic carbocycles. The van der Waals surface area contributed by atoms with Gasteiger partial charge in [0, 0.05) is 12.6 Å². The van der Waals surface area contributed by atoms with E-state index >= 15 is 0 Å². The average Bonchev–Trinajstić information content (AvgIpc) is 2.24. The highest BCUT2D eigenvalue weighted by Gasteiger charge is 2.02. The molecule has 0 radical (unpaired) electrons. The Kier molecular flexibility index (Phi) is 3.14. The largest absolute Gasteiger partial charge is 0.309 e. The summed E-state index contributed by atoms with van der Waals surface area (Å²) in [5, 5.41) is 0. The van der Waals surface area contributed by atoms with Crippen LogP contribution in [0.15, 0.2) is 39.7 Å². The molecule has 0 bridgehead atoms. The van der Waals surface area contributed by atoms with E-state index in [1.165, 1.54) is 18.3 Å². The van der Waals surface area contributed by atoms with Gasteiger partial charge in [-0.3, -0.25) is 4.79 Å². The lowest BCUT2D eigenvalue weighted by Crippen LogP contribution is -2.11. The van der Waals surface area contributed by atoms with E-state index in [9.17, 15) is 9.18 Å². The van der Waals surface area contributed by atoms with Crippen molar-refractivity contribution in [2.75, 3.05) is 0 Å². The molecule has 1 heterocycles. The molecule has 5 heteroatoms. The molecular formula is C11H8BrFN2O. The van der Waals surface area contributed by atoms with Gasteiger partial charge < -0.3 is 4.98 Å². The van der Waals surface area contributed by atoms with E-state index in [0.717, 1.165) is 5.56 Å². The van der Waals surface area contributed by atoms with E-state index in [0.29, 0.717) is 16.7 Å². The Hall–Kier alpha value is -1.49. The molecule has 2 aromatic rings. The summed E-state index contributed by atoms with van der Waals surface area (Å²) >= 11 is 3.06. The lowest BCUT2D eigenvalue weighted by molar-refractivity contribution is 0.625. The van der Waals surface area contributed by atoms with E-state index in [1.807, 2.05) is 0 Å². The first-order valence-corrected chi connectivity index (χ1v) is 5.42. The van der Waals surface area contributed by atoms with Crippen LogP contribution < -0.4 is 5.56 Å². The van der Waals surface area contributed by atoms with Gasteiger partial charge in [-0.15, -0.1) is 0 Å². The van der Waals surface area contributed by atoms with Gasteiger partial charge in [-0.25, -0.2) is 9.37 Å². The minimum atomic E-state index is -0.294. The molecule has 1 N–H and O–H groups in total. The van der Waals surface area contributed by atoms with Crippen molar-refractivity contribution < 1.29 is 4.39 Å². The summed E-state index contributed by atoms with van der Waals surface area (Å²) in [6.07, 6.45) is 1.84. The smallest absolute Gasteiger partial charge is 0.265 e. The lowest BCUT2D eigenvalue weighted by Gasteiger charge is -2.01.